The molecule has 0 unspecified atom stereocenters. The van der Waals surface area contributed by atoms with Gasteiger partial charge in [0.2, 0.25) is 0 Å². The summed E-state index contributed by atoms with van der Waals surface area (Å²) in [7, 11) is 1.79. The second-order valence-corrected chi connectivity index (χ2v) is 6.11. The van der Waals surface area contributed by atoms with Gasteiger partial charge in [-0.2, -0.15) is 0 Å². The van der Waals surface area contributed by atoms with E-state index in [9.17, 15) is 4.39 Å². The second-order valence-electron chi connectivity index (χ2n) is 6.11. The number of likely N-dealkylation sites (N-methyl/N-ethyl adjacent to an activating group) is 1. The molecule has 0 spiro atoms. The van der Waals surface area contributed by atoms with Crippen LogP contribution in [0.25, 0.3) is 10.9 Å². The summed E-state index contributed by atoms with van der Waals surface area (Å²) in [6.45, 7) is 9.26. The van der Waals surface area contributed by atoms with Crippen molar-refractivity contribution >= 4 is 40.8 Å². The Morgan fingerprint density at radius 2 is 1.96 bits per heavy atom. The van der Waals surface area contributed by atoms with E-state index >= 15 is 0 Å². The first-order valence-electron chi connectivity index (χ1n) is 9.10. The number of H-pyrrole nitrogens is 1. The highest BCUT2D eigenvalue weighted by Gasteiger charge is 2.06. The maximum atomic E-state index is 13.2. The first kappa shape index (κ1) is 22.7. The van der Waals surface area contributed by atoms with Crippen LogP contribution in [0.5, 0.6) is 0 Å². The third kappa shape index (κ3) is 6.75. The standard InChI is InChI=1S/C19H30FN5.HI/c1-4-11-25(5-2)12-10-23-19(21-3)22-9-8-15-14-24-18-13-16(20)6-7-17(15)18;/h6-7,13-14,24H,4-5,8-12H2,1-3H3,(H2,21,22,23);1H. The van der Waals surface area contributed by atoms with Crippen LogP contribution >= 0.6 is 24.0 Å². The minimum absolute atomic E-state index is 0. The van der Waals surface area contributed by atoms with Crippen LogP contribution in [0.4, 0.5) is 4.39 Å². The Morgan fingerprint density at radius 1 is 1.19 bits per heavy atom. The zero-order valence-electron chi connectivity index (χ0n) is 15.9. The van der Waals surface area contributed by atoms with Crippen LogP contribution in [-0.4, -0.2) is 55.6 Å². The Hall–Kier alpha value is -1.35. The fourth-order valence-electron chi connectivity index (χ4n) is 2.98. The Bertz CT molecular complexity index is 686. The summed E-state index contributed by atoms with van der Waals surface area (Å²) in [4.78, 5) is 9.82. The summed E-state index contributed by atoms with van der Waals surface area (Å²) in [6, 6.07) is 4.86. The number of nitrogens with one attached hydrogen (secondary N) is 3. The first-order valence-corrected chi connectivity index (χ1v) is 9.10. The average Bonchev–Trinajstić information content (AvgIpc) is 3.01. The van der Waals surface area contributed by atoms with E-state index in [0.29, 0.717) is 0 Å². The molecule has 0 amide bonds. The molecule has 0 radical (unpaired) electrons. The zero-order valence-corrected chi connectivity index (χ0v) is 18.3. The highest BCUT2D eigenvalue weighted by molar-refractivity contribution is 14.0. The molecule has 146 valence electrons. The van der Waals surface area contributed by atoms with Gasteiger partial charge in [-0.3, -0.25) is 4.99 Å². The Labute approximate surface area is 172 Å². The lowest BCUT2D eigenvalue weighted by Crippen LogP contribution is -2.42. The van der Waals surface area contributed by atoms with Crippen molar-refractivity contribution < 1.29 is 4.39 Å². The summed E-state index contributed by atoms with van der Waals surface area (Å²) in [5, 5.41) is 7.77. The van der Waals surface area contributed by atoms with E-state index in [1.54, 1.807) is 7.05 Å². The number of hydrogen-bond acceptors (Lipinski definition) is 2. The molecule has 2 aromatic rings. The number of halogens is 2. The number of aromatic amines is 1. The first-order chi connectivity index (χ1) is 12.2. The van der Waals surface area contributed by atoms with Crippen molar-refractivity contribution in [2.75, 3.05) is 39.8 Å². The maximum absolute atomic E-state index is 13.2. The minimum Gasteiger partial charge on any atom is -0.361 e. The Kier molecular flexibility index (Phi) is 10.6. The van der Waals surface area contributed by atoms with Gasteiger partial charge in [-0.15, -0.1) is 24.0 Å². The van der Waals surface area contributed by atoms with Crippen molar-refractivity contribution in [1.82, 2.24) is 20.5 Å². The molecule has 1 aromatic carbocycles. The molecular formula is C19H31FIN5. The van der Waals surface area contributed by atoms with Gasteiger partial charge in [0.1, 0.15) is 5.82 Å². The van der Waals surface area contributed by atoms with Gasteiger partial charge >= 0.3 is 0 Å². The van der Waals surface area contributed by atoms with Crippen LogP contribution in [0, 0.1) is 5.82 Å². The van der Waals surface area contributed by atoms with E-state index < -0.39 is 0 Å². The molecular weight excluding hydrogens is 444 g/mol. The van der Waals surface area contributed by atoms with E-state index in [1.807, 2.05) is 12.3 Å². The number of benzene rings is 1. The molecule has 0 aliphatic heterocycles. The van der Waals surface area contributed by atoms with Crippen molar-refractivity contribution in [1.29, 1.82) is 0 Å². The number of guanidine groups is 1. The summed E-state index contributed by atoms with van der Waals surface area (Å²) in [6.07, 6.45) is 3.98. The van der Waals surface area contributed by atoms with E-state index in [-0.39, 0.29) is 29.8 Å². The van der Waals surface area contributed by atoms with E-state index in [1.165, 1.54) is 24.1 Å². The molecule has 1 heterocycles. The average molecular weight is 475 g/mol. The second kappa shape index (κ2) is 12.1. The van der Waals surface area contributed by atoms with E-state index in [4.69, 9.17) is 0 Å². The SMILES string of the molecule is CCCN(CC)CCNC(=NC)NCCc1c[nH]c2cc(F)ccc12.I. The third-order valence-electron chi connectivity index (χ3n) is 4.35. The molecule has 0 aliphatic carbocycles. The van der Waals surface area contributed by atoms with Gasteiger partial charge in [-0.1, -0.05) is 13.8 Å². The number of nitrogens with zero attached hydrogens (tertiary/aromatic N) is 2. The molecule has 0 saturated heterocycles. The summed E-state index contributed by atoms with van der Waals surface area (Å²) < 4.78 is 13.2. The van der Waals surface area contributed by atoms with Gasteiger partial charge in [-0.05, 0) is 49.7 Å². The number of hydrogen-bond donors (Lipinski definition) is 3. The monoisotopic (exact) mass is 475 g/mol. The van der Waals surface area contributed by atoms with Gasteiger partial charge in [-0.25, -0.2) is 4.39 Å². The maximum Gasteiger partial charge on any atom is 0.191 e. The van der Waals surface area contributed by atoms with Crippen LogP contribution in [-0.2, 0) is 6.42 Å². The van der Waals surface area contributed by atoms with Crippen molar-refractivity contribution in [2.45, 2.75) is 26.7 Å². The van der Waals surface area contributed by atoms with Crippen LogP contribution < -0.4 is 10.6 Å². The highest BCUT2D eigenvalue weighted by atomic mass is 127. The minimum atomic E-state index is -0.215. The molecule has 5 nitrogen and oxygen atoms in total. The number of aliphatic imine (C=N–C) groups is 1. The molecule has 3 N–H and O–H groups in total. The van der Waals surface area contributed by atoms with Crippen molar-refractivity contribution in [3.63, 3.8) is 0 Å². The van der Waals surface area contributed by atoms with Crippen molar-refractivity contribution in [3.8, 4) is 0 Å². The normalized spacial score (nSPS) is 11.7. The lowest BCUT2D eigenvalue weighted by atomic mass is 10.1. The predicted octanol–water partition coefficient (Wildman–Crippen LogP) is 3.36. The molecule has 26 heavy (non-hydrogen) atoms. The number of rotatable bonds is 9. The fraction of sp³-hybridized carbons (Fsp3) is 0.526. The smallest absolute Gasteiger partial charge is 0.191 e. The molecule has 0 atom stereocenters. The molecule has 0 saturated carbocycles. The number of fused-ring (bicyclic) bond motifs is 1. The van der Waals surface area contributed by atoms with E-state index in [2.05, 4.69) is 39.4 Å². The zero-order chi connectivity index (χ0) is 18.1. The highest BCUT2D eigenvalue weighted by Crippen LogP contribution is 2.19. The lowest BCUT2D eigenvalue weighted by molar-refractivity contribution is 0.293. The molecule has 0 aliphatic rings. The van der Waals surface area contributed by atoms with Gasteiger partial charge in [0, 0.05) is 43.8 Å². The molecule has 7 heteroatoms. The largest absolute Gasteiger partial charge is 0.361 e. The van der Waals surface area contributed by atoms with Gasteiger partial charge in [0.15, 0.2) is 5.96 Å². The van der Waals surface area contributed by atoms with Gasteiger partial charge in [0.25, 0.3) is 0 Å². The summed E-state index contributed by atoms with van der Waals surface area (Å²) in [5.74, 6) is 0.603. The van der Waals surface area contributed by atoms with Gasteiger partial charge in [0.05, 0.1) is 0 Å². The molecule has 0 fully saturated rings. The van der Waals surface area contributed by atoms with Crippen molar-refractivity contribution in [2.24, 2.45) is 4.99 Å². The van der Waals surface area contributed by atoms with Crippen LogP contribution in [0.2, 0.25) is 0 Å². The molecule has 1 aromatic heterocycles. The van der Waals surface area contributed by atoms with Crippen LogP contribution in [0.1, 0.15) is 25.8 Å². The summed E-state index contributed by atoms with van der Waals surface area (Å²) in [5.41, 5.74) is 2.02. The predicted molar refractivity (Wildman–Crippen MR) is 119 cm³/mol. The van der Waals surface area contributed by atoms with E-state index in [0.717, 1.165) is 56.0 Å². The van der Waals surface area contributed by atoms with Crippen LogP contribution in [0.3, 0.4) is 0 Å². The van der Waals surface area contributed by atoms with Crippen LogP contribution in [0.15, 0.2) is 29.4 Å². The third-order valence-corrected chi connectivity index (χ3v) is 4.35. The molecule has 2 rings (SSSR count). The molecule has 0 bridgehead atoms. The van der Waals surface area contributed by atoms with Crippen molar-refractivity contribution in [3.05, 3.63) is 35.8 Å². The fourth-order valence-corrected chi connectivity index (χ4v) is 2.98. The summed E-state index contributed by atoms with van der Waals surface area (Å²) >= 11 is 0. The van der Waals surface area contributed by atoms with Gasteiger partial charge < -0.3 is 20.5 Å². The lowest BCUT2D eigenvalue weighted by Gasteiger charge is -2.20. The Balaban J connectivity index is 0.00000338. The number of aromatic nitrogens is 1. The Morgan fingerprint density at radius 3 is 2.65 bits per heavy atom. The topological polar surface area (TPSA) is 55.4 Å². The quantitative estimate of drug-likeness (QED) is 0.296.